The highest BCUT2D eigenvalue weighted by Gasteiger charge is 2.36. The number of likely N-dealkylation sites (N-methyl/N-ethyl adjacent to an activating group) is 1. The van der Waals surface area contributed by atoms with Crippen LogP contribution < -0.4 is 0 Å². The molecule has 31 heavy (non-hydrogen) atoms. The molecular weight excluding hydrogens is 398 g/mol. The van der Waals surface area contributed by atoms with E-state index in [9.17, 15) is 14.4 Å². The van der Waals surface area contributed by atoms with Gasteiger partial charge in [-0.1, -0.05) is 26.8 Å². The summed E-state index contributed by atoms with van der Waals surface area (Å²) in [5.74, 6) is -0.528. The molecule has 1 unspecified atom stereocenters. The van der Waals surface area contributed by atoms with E-state index in [2.05, 4.69) is 11.0 Å². The molecule has 1 amide bonds. The molecule has 2 aromatic rings. The van der Waals surface area contributed by atoms with E-state index in [-0.39, 0.29) is 12.5 Å². The first-order chi connectivity index (χ1) is 14.5. The standard InChI is InChI=1S/C23H31N3O5/c1-15(27)31-26-18(14-30-22(26)29)11-16-7-8-20-19(12-16)17(9-10-24(5)6)13-25(20)21(28)23(2,3)4/h7-8,12-13,18H,9-11,14H2,1-6H3. The lowest BCUT2D eigenvalue weighted by atomic mass is 9.95. The lowest BCUT2D eigenvalue weighted by molar-refractivity contribution is -0.177. The zero-order valence-electron chi connectivity index (χ0n) is 19.1. The fourth-order valence-corrected chi connectivity index (χ4v) is 3.66. The van der Waals surface area contributed by atoms with Crippen LogP contribution in [0, 0.1) is 5.41 Å². The molecule has 1 aliphatic rings. The van der Waals surface area contributed by atoms with E-state index in [1.807, 2.05) is 53.2 Å². The van der Waals surface area contributed by atoms with Crippen molar-refractivity contribution in [3.63, 3.8) is 0 Å². The van der Waals surface area contributed by atoms with Gasteiger partial charge in [-0.25, -0.2) is 4.79 Å². The minimum absolute atomic E-state index is 0.0391. The van der Waals surface area contributed by atoms with Crippen LogP contribution in [0.5, 0.6) is 0 Å². The molecule has 0 N–H and O–H groups in total. The Labute approximate surface area is 182 Å². The molecule has 0 aliphatic carbocycles. The first-order valence-corrected chi connectivity index (χ1v) is 10.4. The van der Waals surface area contributed by atoms with Gasteiger partial charge in [0, 0.05) is 30.5 Å². The summed E-state index contributed by atoms with van der Waals surface area (Å²) < 4.78 is 6.80. The smallest absolute Gasteiger partial charge is 0.443 e. The number of cyclic esters (lactones) is 1. The molecule has 0 bridgehead atoms. The van der Waals surface area contributed by atoms with Crippen molar-refractivity contribution in [3.05, 3.63) is 35.5 Å². The summed E-state index contributed by atoms with van der Waals surface area (Å²) >= 11 is 0. The number of ether oxygens (including phenoxy) is 1. The van der Waals surface area contributed by atoms with E-state index in [1.54, 1.807) is 4.57 Å². The third-order valence-corrected chi connectivity index (χ3v) is 5.25. The molecular formula is C23H31N3O5. The van der Waals surface area contributed by atoms with Crippen LogP contribution in [0.3, 0.4) is 0 Å². The molecule has 8 nitrogen and oxygen atoms in total. The van der Waals surface area contributed by atoms with Gasteiger partial charge in [0.25, 0.3) is 0 Å². The van der Waals surface area contributed by atoms with Gasteiger partial charge in [-0.2, -0.15) is 0 Å². The molecule has 3 rings (SSSR count). The van der Waals surface area contributed by atoms with Gasteiger partial charge < -0.3 is 14.5 Å². The Morgan fingerprint density at radius 3 is 2.58 bits per heavy atom. The summed E-state index contributed by atoms with van der Waals surface area (Å²) in [7, 11) is 4.04. The highest BCUT2D eigenvalue weighted by atomic mass is 16.8. The maximum absolute atomic E-state index is 13.0. The lowest BCUT2D eigenvalue weighted by Crippen LogP contribution is -2.36. The SMILES string of the molecule is CC(=O)ON1C(=O)OCC1Cc1ccc2c(c1)c(CCN(C)C)cn2C(=O)C(C)(C)C. The predicted octanol–water partition coefficient (Wildman–Crippen LogP) is 3.27. The van der Waals surface area contributed by atoms with Gasteiger partial charge in [-0.3, -0.25) is 14.2 Å². The summed E-state index contributed by atoms with van der Waals surface area (Å²) in [4.78, 5) is 43.4. The number of rotatable bonds is 6. The molecule has 1 aromatic heterocycles. The summed E-state index contributed by atoms with van der Waals surface area (Å²) in [6.45, 7) is 8.00. The normalized spacial score (nSPS) is 16.8. The predicted molar refractivity (Wildman–Crippen MR) is 117 cm³/mol. The second kappa shape index (κ2) is 8.70. The highest BCUT2D eigenvalue weighted by Crippen LogP contribution is 2.28. The number of carbonyl (C=O) groups is 3. The van der Waals surface area contributed by atoms with Crippen molar-refractivity contribution in [2.45, 2.75) is 46.6 Å². The Bertz CT molecular complexity index is 1000. The van der Waals surface area contributed by atoms with Crippen LogP contribution in [0.1, 0.15) is 43.6 Å². The van der Waals surface area contributed by atoms with Gasteiger partial charge in [0.2, 0.25) is 5.91 Å². The molecule has 1 aromatic carbocycles. The third-order valence-electron chi connectivity index (χ3n) is 5.25. The highest BCUT2D eigenvalue weighted by molar-refractivity contribution is 5.96. The number of fused-ring (bicyclic) bond motifs is 1. The summed E-state index contributed by atoms with van der Waals surface area (Å²) in [6.07, 6.45) is 2.57. The van der Waals surface area contributed by atoms with Crippen LogP contribution in [0.15, 0.2) is 24.4 Å². The summed E-state index contributed by atoms with van der Waals surface area (Å²) in [5.41, 5.74) is 2.43. The number of nitrogens with zero attached hydrogens (tertiary/aromatic N) is 3. The molecule has 168 valence electrons. The van der Waals surface area contributed by atoms with Crippen LogP contribution >= 0.6 is 0 Å². The Morgan fingerprint density at radius 1 is 1.26 bits per heavy atom. The fourth-order valence-electron chi connectivity index (χ4n) is 3.66. The van der Waals surface area contributed by atoms with Gasteiger partial charge in [-0.15, -0.1) is 5.06 Å². The number of benzene rings is 1. The maximum Gasteiger partial charge on any atom is 0.443 e. The average molecular weight is 430 g/mol. The average Bonchev–Trinajstić information content (AvgIpc) is 3.19. The molecule has 1 atom stereocenters. The quantitative estimate of drug-likeness (QED) is 0.701. The van der Waals surface area contributed by atoms with E-state index in [0.717, 1.165) is 40.1 Å². The van der Waals surface area contributed by atoms with Crippen molar-refractivity contribution in [1.29, 1.82) is 0 Å². The van der Waals surface area contributed by atoms with Crippen molar-refractivity contribution >= 4 is 28.9 Å². The number of amides is 1. The van der Waals surface area contributed by atoms with E-state index >= 15 is 0 Å². The van der Waals surface area contributed by atoms with Gasteiger partial charge in [0.05, 0.1) is 5.52 Å². The minimum Gasteiger partial charge on any atom is -0.445 e. The fraction of sp³-hybridized carbons (Fsp3) is 0.522. The Hall–Kier alpha value is -2.87. The van der Waals surface area contributed by atoms with Crippen molar-refractivity contribution in [1.82, 2.24) is 14.5 Å². The Kier molecular flexibility index (Phi) is 6.40. The molecule has 2 heterocycles. The second-order valence-electron chi connectivity index (χ2n) is 9.33. The minimum atomic E-state index is -0.658. The summed E-state index contributed by atoms with van der Waals surface area (Å²) in [5, 5.41) is 2.02. The molecule has 1 saturated heterocycles. The Balaban J connectivity index is 1.96. The van der Waals surface area contributed by atoms with Gasteiger partial charge >= 0.3 is 12.1 Å². The van der Waals surface area contributed by atoms with Crippen molar-refractivity contribution in [2.24, 2.45) is 5.41 Å². The number of hydrogen-bond acceptors (Lipinski definition) is 6. The van der Waals surface area contributed by atoms with Gasteiger partial charge in [-0.05, 0) is 50.2 Å². The first-order valence-electron chi connectivity index (χ1n) is 10.4. The topological polar surface area (TPSA) is 81.1 Å². The number of aromatic nitrogens is 1. The van der Waals surface area contributed by atoms with Gasteiger partial charge in [0.15, 0.2) is 0 Å². The van der Waals surface area contributed by atoms with Crippen LogP contribution in [0.25, 0.3) is 10.9 Å². The van der Waals surface area contributed by atoms with Crippen LogP contribution in [-0.4, -0.2) is 65.8 Å². The first kappa shape index (κ1) is 22.8. The number of hydroxylamine groups is 2. The molecule has 1 fully saturated rings. The van der Waals surface area contributed by atoms with Crippen molar-refractivity contribution in [2.75, 3.05) is 27.2 Å². The van der Waals surface area contributed by atoms with Crippen molar-refractivity contribution in [3.8, 4) is 0 Å². The molecule has 8 heteroatoms. The zero-order chi connectivity index (χ0) is 22.9. The van der Waals surface area contributed by atoms with E-state index < -0.39 is 23.5 Å². The lowest BCUT2D eigenvalue weighted by Gasteiger charge is -2.19. The maximum atomic E-state index is 13.0. The Morgan fingerprint density at radius 2 is 1.97 bits per heavy atom. The zero-order valence-corrected chi connectivity index (χ0v) is 19.1. The largest absolute Gasteiger partial charge is 0.445 e. The number of hydrogen-bond donors (Lipinski definition) is 0. The van der Waals surface area contributed by atoms with E-state index in [1.165, 1.54) is 6.92 Å². The van der Waals surface area contributed by atoms with Gasteiger partial charge in [0.1, 0.15) is 12.6 Å². The van der Waals surface area contributed by atoms with E-state index in [0.29, 0.717) is 6.42 Å². The van der Waals surface area contributed by atoms with Crippen LogP contribution in [-0.2, 0) is 27.2 Å². The summed E-state index contributed by atoms with van der Waals surface area (Å²) in [6, 6.07) is 5.56. The van der Waals surface area contributed by atoms with E-state index in [4.69, 9.17) is 9.57 Å². The van der Waals surface area contributed by atoms with Crippen LogP contribution in [0.2, 0.25) is 0 Å². The monoisotopic (exact) mass is 429 g/mol. The van der Waals surface area contributed by atoms with Crippen molar-refractivity contribution < 1.29 is 24.0 Å². The third kappa shape index (κ3) is 5.07. The molecule has 0 radical (unpaired) electrons. The molecule has 1 aliphatic heterocycles. The van der Waals surface area contributed by atoms with Crippen LogP contribution in [0.4, 0.5) is 4.79 Å². The molecule has 0 spiro atoms. The number of carbonyl (C=O) groups excluding carboxylic acids is 3. The second-order valence-corrected chi connectivity index (χ2v) is 9.33. The molecule has 0 saturated carbocycles.